The lowest BCUT2D eigenvalue weighted by molar-refractivity contribution is -0.129. The highest BCUT2D eigenvalue weighted by Crippen LogP contribution is 2.31. The molecule has 7 nitrogen and oxygen atoms in total. The number of carbonyl (C=O) groups is 2. The van der Waals surface area contributed by atoms with Crippen LogP contribution < -0.4 is 10.2 Å². The maximum atomic E-state index is 12.5. The van der Waals surface area contributed by atoms with Crippen LogP contribution in [0, 0.1) is 6.92 Å². The van der Waals surface area contributed by atoms with Crippen molar-refractivity contribution in [2.75, 3.05) is 31.1 Å². The van der Waals surface area contributed by atoms with Crippen molar-refractivity contribution in [2.45, 2.75) is 32.7 Å². The Labute approximate surface area is 187 Å². The molecule has 1 aliphatic carbocycles. The summed E-state index contributed by atoms with van der Waals surface area (Å²) in [7, 11) is 0. The number of amides is 2. The van der Waals surface area contributed by atoms with Gasteiger partial charge in [-0.25, -0.2) is 0 Å². The molecular formula is C25H27N5O2. The van der Waals surface area contributed by atoms with Gasteiger partial charge < -0.3 is 15.1 Å². The number of anilines is 1. The summed E-state index contributed by atoms with van der Waals surface area (Å²) >= 11 is 0. The van der Waals surface area contributed by atoms with Gasteiger partial charge >= 0.3 is 0 Å². The second-order valence-corrected chi connectivity index (χ2v) is 8.74. The maximum absolute atomic E-state index is 12.5. The average Bonchev–Trinajstić information content (AvgIpc) is 3.62. The van der Waals surface area contributed by atoms with Crippen molar-refractivity contribution in [1.82, 2.24) is 20.4 Å². The first kappa shape index (κ1) is 20.4. The number of nitrogens with zero attached hydrogens (tertiary/aromatic N) is 4. The van der Waals surface area contributed by atoms with Crippen LogP contribution in [0.5, 0.6) is 0 Å². The Hall–Kier alpha value is -3.48. The van der Waals surface area contributed by atoms with Crippen LogP contribution in [0.15, 0.2) is 42.6 Å². The molecule has 7 heteroatoms. The van der Waals surface area contributed by atoms with Crippen LogP contribution in [0.4, 0.5) is 5.82 Å². The molecule has 1 saturated carbocycles. The fourth-order valence-electron chi connectivity index (χ4n) is 4.28. The van der Waals surface area contributed by atoms with Crippen LogP contribution in [0.3, 0.4) is 0 Å². The van der Waals surface area contributed by atoms with Gasteiger partial charge in [0.05, 0.1) is 6.20 Å². The van der Waals surface area contributed by atoms with Crippen LogP contribution in [0.25, 0.3) is 21.9 Å². The second-order valence-electron chi connectivity index (χ2n) is 8.74. The molecule has 1 saturated heterocycles. The lowest BCUT2D eigenvalue weighted by atomic mass is 9.96. The fourth-order valence-corrected chi connectivity index (χ4v) is 4.28. The number of rotatable bonds is 4. The topological polar surface area (TPSA) is 78.4 Å². The third-order valence-electron chi connectivity index (χ3n) is 6.39. The van der Waals surface area contributed by atoms with Gasteiger partial charge in [0.1, 0.15) is 0 Å². The number of piperazine rings is 1. The van der Waals surface area contributed by atoms with Crippen molar-refractivity contribution >= 4 is 28.4 Å². The van der Waals surface area contributed by atoms with E-state index in [4.69, 9.17) is 0 Å². The predicted octanol–water partition coefficient (Wildman–Crippen LogP) is 3.17. The van der Waals surface area contributed by atoms with E-state index in [0.717, 1.165) is 59.2 Å². The molecule has 1 aromatic heterocycles. The largest absolute Gasteiger partial charge is 0.351 e. The van der Waals surface area contributed by atoms with Crippen molar-refractivity contribution in [2.24, 2.45) is 0 Å². The Balaban J connectivity index is 1.44. The molecule has 32 heavy (non-hydrogen) atoms. The molecule has 0 spiro atoms. The molecule has 2 amide bonds. The van der Waals surface area contributed by atoms with E-state index in [1.165, 1.54) is 0 Å². The van der Waals surface area contributed by atoms with Crippen molar-refractivity contribution < 1.29 is 9.59 Å². The van der Waals surface area contributed by atoms with E-state index in [0.29, 0.717) is 24.7 Å². The third kappa shape index (κ3) is 4.02. The Kier molecular flexibility index (Phi) is 5.25. The lowest BCUT2D eigenvalue weighted by Gasteiger charge is -2.35. The number of hydrogen-bond acceptors (Lipinski definition) is 5. The molecule has 2 heterocycles. The van der Waals surface area contributed by atoms with Gasteiger partial charge in [-0.2, -0.15) is 5.10 Å². The maximum Gasteiger partial charge on any atom is 0.251 e. The molecule has 164 valence electrons. The van der Waals surface area contributed by atoms with Gasteiger partial charge in [-0.1, -0.05) is 12.1 Å². The Morgan fingerprint density at radius 1 is 1.03 bits per heavy atom. The van der Waals surface area contributed by atoms with Crippen LogP contribution >= 0.6 is 0 Å². The molecule has 3 aromatic rings. The van der Waals surface area contributed by atoms with E-state index < -0.39 is 0 Å². The molecule has 1 aliphatic heterocycles. The summed E-state index contributed by atoms with van der Waals surface area (Å²) in [5.74, 6) is 0.959. The first-order valence-corrected chi connectivity index (χ1v) is 11.2. The lowest BCUT2D eigenvalue weighted by Crippen LogP contribution is -2.48. The number of fused-ring (bicyclic) bond motifs is 1. The number of hydrogen-bond donors (Lipinski definition) is 1. The highest BCUT2D eigenvalue weighted by Gasteiger charge is 2.24. The summed E-state index contributed by atoms with van der Waals surface area (Å²) in [6.07, 6.45) is 3.93. The van der Waals surface area contributed by atoms with Gasteiger partial charge in [0.25, 0.3) is 5.91 Å². The van der Waals surface area contributed by atoms with Crippen LogP contribution in [0.1, 0.15) is 35.7 Å². The minimum Gasteiger partial charge on any atom is -0.351 e. The van der Waals surface area contributed by atoms with E-state index >= 15 is 0 Å². The highest BCUT2D eigenvalue weighted by atomic mass is 16.2. The number of aryl methyl sites for hydroxylation is 1. The average molecular weight is 430 g/mol. The van der Waals surface area contributed by atoms with Gasteiger partial charge in [-0.3, -0.25) is 9.59 Å². The highest BCUT2D eigenvalue weighted by molar-refractivity contribution is 5.98. The third-order valence-corrected chi connectivity index (χ3v) is 6.39. The summed E-state index contributed by atoms with van der Waals surface area (Å²) in [6.45, 7) is 6.55. The summed E-state index contributed by atoms with van der Waals surface area (Å²) in [5, 5.41) is 13.8. The number of nitrogens with one attached hydrogen (secondary N) is 1. The summed E-state index contributed by atoms with van der Waals surface area (Å²) in [4.78, 5) is 28.2. The minimum atomic E-state index is -0.00704. The fraction of sp³-hybridized carbons (Fsp3) is 0.360. The first-order valence-electron chi connectivity index (χ1n) is 11.2. The Morgan fingerprint density at radius 3 is 2.53 bits per heavy atom. The number of carbonyl (C=O) groups excluding carboxylic acids is 2. The molecular weight excluding hydrogens is 402 g/mol. The molecule has 0 radical (unpaired) electrons. The van der Waals surface area contributed by atoms with E-state index in [-0.39, 0.29) is 11.8 Å². The second kappa shape index (κ2) is 8.22. The zero-order valence-electron chi connectivity index (χ0n) is 18.5. The number of benzene rings is 2. The molecule has 0 unspecified atom stereocenters. The van der Waals surface area contributed by atoms with E-state index in [1.807, 2.05) is 23.1 Å². The van der Waals surface area contributed by atoms with E-state index in [2.05, 4.69) is 45.5 Å². The van der Waals surface area contributed by atoms with Gasteiger partial charge in [0, 0.05) is 55.5 Å². The zero-order valence-corrected chi connectivity index (χ0v) is 18.5. The monoisotopic (exact) mass is 429 g/mol. The van der Waals surface area contributed by atoms with Crippen molar-refractivity contribution in [3.8, 4) is 11.1 Å². The van der Waals surface area contributed by atoms with E-state index in [1.54, 1.807) is 13.1 Å². The van der Waals surface area contributed by atoms with Crippen LogP contribution in [-0.2, 0) is 4.79 Å². The van der Waals surface area contributed by atoms with Crippen LogP contribution in [-0.4, -0.2) is 59.1 Å². The standard InChI is InChI=1S/C25H27N5O2/c1-16-3-4-19(25(32)27-21-6-7-21)14-23(16)18-5-8-22-20(13-18)15-26-28-24(22)30-11-9-29(10-12-30)17(2)31/h3-5,8,13-15,21H,6-7,9-12H2,1-2H3,(H,27,32). The Bertz CT molecular complexity index is 1200. The molecule has 0 atom stereocenters. The summed E-state index contributed by atoms with van der Waals surface area (Å²) in [5.41, 5.74) is 3.91. The van der Waals surface area contributed by atoms with Crippen molar-refractivity contribution in [1.29, 1.82) is 0 Å². The summed E-state index contributed by atoms with van der Waals surface area (Å²) in [6, 6.07) is 12.5. The SMILES string of the molecule is CC(=O)N1CCN(c2nncc3cc(-c4cc(C(=O)NC5CC5)ccc4C)ccc23)CC1. The minimum absolute atomic E-state index is 0.00704. The molecule has 2 aliphatic rings. The van der Waals surface area contributed by atoms with Gasteiger partial charge in [-0.05, 0) is 60.7 Å². The van der Waals surface area contributed by atoms with Gasteiger partial charge in [-0.15, -0.1) is 5.10 Å². The van der Waals surface area contributed by atoms with Crippen LogP contribution in [0.2, 0.25) is 0 Å². The quantitative estimate of drug-likeness (QED) is 0.689. The normalized spacial score (nSPS) is 16.3. The molecule has 2 aromatic carbocycles. The number of aromatic nitrogens is 2. The van der Waals surface area contributed by atoms with Crippen molar-refractivity contribution in [3.05, 3.63) is 53.7 Å². The molecule has 0 bridgehead atoms. The molecule has 5 rings (SSSR count). The molecule has 2 fully saturated rings. The van der Waals surface area contributed by atoms with Gasteiger partial charge in [0.2, 0.25) is 5.91 Å². The zero-order chi connectivity index (χ0) is 22.2. The first-order chi connectivity index (χ1) is 15.5. The predicted molar refractivity (Wildman–Crippen MR) is 125 cm³/mol. The van der Waals surface area contributed by atoms with Gasteiger partial charge in [0.15, 0.2) is 5.82 Å². The van der Waals surface area contributed by atoms with E-state index in [9.17, 15) is 9.59 Å². The summed E-state index contributed by atoms with van der Waals surface area (Å²) < 4.78 is 0. The Morgan fingerprint density at radius 2 is 1.81 bits per heavy atom. The smallest absolute Gasteiger partial charge is 0.251 e. The van der Waals surface area contributed by atoms with Crippen molar-refractivity contribution in [3.63, 3.8) is 0 Å². The molecule has 1 N–H and O–H groups in total.